The number of para-hydroxylation sites is 1. The number of fused-ring (bicyclic) bond motifs is 2. The van der Waals surface area contributed by atoms with Crippen molar-refractivity contribution >= 4 is 28.1 Å². The van der Waals surface area contributed by atoms with E-state index in [0.29, 0.717) is 12.0 Å². The Labute approximate surface area is 131 Å². The molecule has 0 aliphatic rings. The number of aldehydes is 1. The Morgan fingerprint density at radius 1 is 0.870 bits per heavy atom. The normalized spacial score (nSPS) is 11.1. The fourth-order valence-corrected chi connectivity index (χ4v) is 2.90. The third-order valence-electron chi connectivity index (χ3n) is 4.05. The van der Waals surface area contributed by atoms with Gasteiger partial charge >= 0.3 is 0 Å². The van der Waals surface area contributed by atoms with Gasteiger partial charge in [-0.25, -0.2) is 0 Å². The lowest BCUT2D eigenvalue weighted by Gasteiger charge is -2.01. The van der Waals surface area contributed by atoms with E-state index in [1.807, 2.05) is 54.6 Å². The first-order valence-electron chi connectivity index (χ1n) is 7.42. The lowest BCUT2D eigenvalue weighted by Crippen LogP contribution is -2.08. The van der Waals surface area contributed by atoms with Gasteiger partial charge in [0.2, 0.25) is 0 Å². The van der Waals surface area contributed by atoms with Crippen molar-refractivity contribution in [2.75, 3.05) is 0 Å². The number of benzene rings is 2. The molecule has 0 saturated heterocycles. The SMILES string of the molecule is O=CCc1ccc2[nH]c(-c3cc4ccccc4[nH]c3=O)cc2c1. The zero-order valence-electron chi connectivity index (χ0n) is 12.3. The first-order chi connectivity index (χ1) is 11.2. The summed E-state index contributed by atoms with van der Waals surface area (Å²) in [5.74, 6) is 0. The number of H-pyrrole nitrogens is 2. The van der Waals surface area contributed by atoms with Crippen molar-refractivity contribution in [1.29, 1.82) is 0 Å². The molecule has 4 heteroatoms. The summed E-state index contributed by atoms with van der Waals surface area (Å²) < 4.78 is 0. The van der Waals surface area contributed by atoms with Crippen molar-refractivity contribution < 1.29 is 4.79 Å². The van der Waals surface area contributed by atoms with Crippen LogP contribution in [0.3, 0.4) is 0 Å². The van der Waals surface area contributed by atoms with E-state index >= 15 is 0 Å². The zero-order chi connectivity index (χ0) is 15.8. The first-order valence-corrected chi connectivity index (χ1v) is 7.42. The third kappa shape index (κ3) is 2.34. The van der Waals surface area contributed by atoms with E-state index in [1.165, 1.54) is 0 Å². The van der Waals surface area contributed by atoms with Crippen LogP contribution < -0.4 is 5.56 Å². The molecule has 0 atom stereocenters. The van der Waals surface area contributed by atoms with Gasteiger partial charge < -0.3 is 14.8 Å². The van der Waals surface area contributed by atoms with Crippen LogP contribution in [0, 0.1) is 0 Å². The summed E-state index contributed by atoms with van der Waals surface area (Å²) in [7, 11) is 0. The number of carbonyl (C=O) groups excluding carboxylic acids is 1. The van der Waals surface area contributed by atoms with E-state index in [-0.39, 0.29) is 5.56 Å². The molecule has 4 aromatic rings. The maximum atomic E-state index is 12.4. The van der Waals surface area contributed by atoms with Crippen LogP contribution in [0.2, 0.25) is 0 Å². The molecule has 2 aromatic carbocycles. The van der Waals surface area contributed by atoms with E-state index in [1.54, 1.807) is 0 Å². The first kappa shape index (κ1) is 13.5. The molecule has 0 bridgehead atoms. The molecular weight excluding hydrogens is 288 g/mol. The number of carbonyl (C=O) groups is 1. The standard InChI is InChI=1S/C19H14N2O2/c22-8-7-12-5-6-17-14(9-12)11-18(20-17)15-10-13-3-1-2-4-16(13)21-19(15)23/h1-6,8-11,20H,7H2,(H,21,23). The second kappa shape index (κ2) is 5.25. The number of rotatable bonds is 3. The predicted molar refractivity (Wildman–Crippen MR) is 91.6 cm³/mol. The molecular formula is C19H14N2O2. The Balaban J connectivity index is 1.89. The highest BCUT2D eigenvalue weighted by atomic mass is 16.1. The van der Waals surface area contributed by atoms with Crippen LogP contribution >= 0.6 is 0 Å². The molecule has 4 nitrogen and oxygen atoms in total. The van der Waals surface area contributed by atoms with Crippen molar-refractivity contribution in [3.05, 3.63) is 70.5 Å². The minimum atomic E-state index is -0.122. The van der Waals surface area contributed by atoms with Crippen molar-refractivity contribution in [3.63, 3.8) is 0 Å². The van der Waals surface area contributed by atoms with Crippen LogP contribution in [0.4, 0.5) is 0 Å². The smallest absolute Gasteiger partial charge is 0.257 e. The highest BCUT2D eigenvalue weighted by Gasteiger charge is 2.09. The average molecular weight is 302 g/mol. The number of nitrogens with one attached hydrogen (secondary N) is 2. The Morgan fingerprint density at radius 2 is 1.70 bits per heavy atom. The largest absolute Gasteiger partial charge is 0.354 e. The van der Waals surface area contributed by atoms with Crippen molar-refractivity contribution in [2.45, 2.75) is 6.42 Å². The number of aromatic amines is 2. The van der Waals surface area contributed by atoms with Gasteiger partial charge in [-0.05, 0) is 41.3 Å². The Bertz CT molecular complexity index is 1090. The van der Waals surface area contributed by atoms with Gasteiger partial charge in [0.25, 0.3) is 5.56 Å². The second-order valence-corrected chi connectivity index (χ2v) is 5.57. The van der Waals surface area contributed by atoms with Gasteiger partial charge in [-0.15, -0.1) is 0 Å². The summed E-state index contributed by atoms with van der Waals surface area (Å²) in [6.45, 7) is 0. The predicted octanol–water partition coefficient (Wildman–Crippen LogP) is 3.42. The molecule has 112 valence electrons. The summed E-state index contributed by atoms with van der Waals surface area (Å²) in [5, 5.41) is 1.98. The van der Waals surface area contributed by atoms with E-state index in [4.69, 9.17) is 0 Å². The lowest BCUT2D eigenvalue weighted by molar-refractivity contribution is -0.107. The molecule has 2 heterocycles. The molecule has 4 rings (SSSR count). The van der Waals surface area contributed by atoms with Gasteiger partial charge in [0.05, 0.1) is 11.3 Å². The summed E-state index contributed by atoms with van der Waals surface area (Å²) >= 11 is 0. The Hall–Kier alpha value is -3.14. The fourth-order valence-electron chi connectivity index (χ4n) is 2.90. The number of hydrogen-bond donors (Lipinski definition) is 2. The zero-order valence-corrected chi connectivity index (χ0v) is 12.3. The average Bonchev–Trinajstić information content (AvgIpc) is 2.97. The van der Waals surface area contributed by atoms with Gasteiger partial charge in [0, 0.05) is 22.8 Å². The topological polar surface area (TPSA) is 65.7 Å². The van der Waals surface area contributed by atoms with Gasteiger partial charge in [-0.3, -0.25) is 4.79 Å². The monoisotopic (exact) mass is 302 g/mol. The second-order valence-electron chi connectivity index (χ2n) is 5.57. The molecule has 2 aromatic heterocycles. The minimum absolute atomic E-state index is 0.122. The van der Waals surface area contributed by atoms with E-state index in [9.17, 15) is 9.59 Å². The molecule has 0 aliphatic heterocycles. The summed E-state index contributed by atoms with van der Waals surface area (Å²) in [6, 6.07) is 17.4. The maximum Gasteiger partial charge on any atom is 0.257 e. The van der Waals surface area contributed by atoms with Crippen LogP contribution in [0.1, 0.15) is 5.56 Å². The molecule has 0 unspecified atom stereocenters. The van der Waals surface area contributed by atoms with E-state index < -0.39 is 0 Å². The number of aromatic nitrogens is 2. The van der Waals surface area contributed by atoms with Gasteiger partial charge in [0.1, 0.15) is 6.29 Å². The van der Waals surface area contributed by atoms with Gasteiger partial charge in [0.15, 0.2) is 0 Å². The molecule has 0 saturated carbocycles. The molecule has 23 heavy (non-hydrogen) atoms. The summed E-state index contributed by atoms with van der Waals surface area (Å²) in [5.41, 5.74) is 3.99. The minimum Gasteiger partial charge on any atom is -0.354 e. The molecule has 0 spiro atoms. The highest BCUT2D eigenvalue weighted by Crippen LogP contribution is 2.24. The van der Waals surface area contributed by atoms with Crippen molar-refractivity contribution in [3.8, 4) is 11.3 Å². The maximum absolute atomic E-state index is 12.4. The van der Waals surface area contributed by atoms with Crippen molar-refractivity contribution in [2.24, 2.45) is 0 Å². The van der Waals surface area contributed by atoms with Gasteiger partial charge in [-0.1, -0.05) is 24.3 Å². The summed E-state index contributed by atoms with van der Waals surface area (Å²) in [6.07, 6.45) is 1.29. The quantitative estimate of drug-likeness (QED) is 0.569. The van der Waals surface area contributed by atoms with E-state index in [0.717, 1.165) is 39.3 Å². The van der Waals surface area contributed by atoms with Gasteiger partial charge in [-0.2, -0.15) is 0 Å². The number of hydrogen-bond acceptors (Lipinski definition) is 2. The van der Waals surface area contributed by atoms with Crippen molar-refractivity contribution in [1.82, 2.24) is 9.97 Å². The van der Waals surface area contributed by atoms with Crippen LogP contribution in [-0.4, -0.2) is 16.3 Å². The Morgan fingerprint density at radius 3 is 2.57 bits per heavy atom. The van der Waals surface area contributed by atoms with Crippen LogP contribution in [0.15, 0.2) is 59.4 Å². The third-order valence-corrected chi connectivity index (χ3v) is 4.05. The highest BCUT2D eigenvalue weighted by molar-refractivity contribution is 5.89. The molecule has 0 aliphatic carbocycles. The van der Waals surface area contributed by atoms with E-state index in [2.05, 4.69) is 9.97 Å². The van der Waals surface area contributed by atoms with Crippen LogP contribution in [-0.2, 0) is 11.2 Å². The Kier molecular flexibility index (Phi) is 3.08. The van der Waals surface area contributed by atoms with Crippen LogP contribution in [0.5, 0.6) is 0 Å². The number of pyridine rings is 1. The molecule has 0 radical (unpaired) electrons. The summed E-state index contributed by atoms with van der Waals surface area (Å²) in [4.78, 5) is 29.2. The fraction of sp³-hybridized carbons (Fsp3) is 0.0526. The lowest BCUT2D eigenvalue weighted by atomic mass is 10.1. The molecule has 0 fully saturated rings. The molecule has 2 N–H and O–H groups in total. The molecule has 0 amide bonds. The van der Waals surface area contributed by atoms with Crippen LogP contribution in [0.25, 0.3) is 33.1 Å².